The molecule has 0 aliphatic rings. The fraction of sp³-hybridized carbons (Fsp3) is 0.111. The molecule has 0 fully saturated rings. The maximum atomic E-state index is 8.34. The minimum atomic E-state index is -0.139. The molecule has 74 valence electrons. The summed E-state index contributed by atoms with van der Waals surface area (Å²) in [4.78, 5) is 0. The highest BCUT2D eigenvalue weighted by Crippen LogP contribution is 2.00. The highest BCUT2D eigenvalue weighted by Gasteiger charge is 1.94. The Morgan fingerprint density at radius 1 is 1.29 bits per heavy atom. The second kappa shape index (κ2) is 4.98. The second-order valence-corrected chi connectivity index (χ2v) is 2.65. The van der Waals surface area contributed by atoms with Gasteiger partial charge in [-0.05, 0) is 12.5 Å². The summed E-state index contributed by atoms with van der Waals surface area (Å²) in [6.07, 6.45) is 0. The molecular formula is C9H12N4O. The summed E-state index contributed by atoms with van der Waals surface area (Å²) in [5.74, 6) is -0.139. The molecule has 5 heteroatoms. The van der Waals surface area contributed by atoms with E-state index in [1.165, 1.54) is 0 Å². The molecule has 0 aliphatic heterocycles. The lowest BCUT2D eigenvalue weighted by molar-refractivity contribution is 0.232. The van der Waals surface area contributed by atoms with Gasteiger partial charge in [0, 0.05) is 0 Å². The molecule has 0 bridgehead atoms. The topological polar surface area (TPSA) is 83.0 Å². The monoisotopic (exact) mass is 192 g/mol. The lowest BCUT2D eigenvalue weighted by Crippen LogP contribution is -2.27. The number of benzene rings is 1. The Morgan fingerprint density at radius 3 is 2.50 bits per heavy atom. The van der Waals surface area contributed by atoms with Crippen molar-refractivity contribution in [2.75, 3.05) is 0 Å². The number of hydrogen-bond acceptors (Lipinski definition) is 3. The first-order chi connectivity index (χ1) is 6.74. The van der Waals surface area contributed by atoms with E-state index in [0.29, 0.717) is 0 Å². The maximum Gasteiger partial charge on any atom is 0.237 e. The molecule has 4 N–H and O–H groups in total. The number of nitrogens with two attached hydrogens (primary N) is 1. The van der Waals surface area contributed by atoms with Gasteiger partial charge in [0.05, 0.1) is 5.71 Å². The average Bonchev–Trinajstić information content (AvgIpc) is 2.26. The van der Waals surface area contributed by atoms with Crippen molar-refractivity contribution in [1.82, 2.24) is 5.48 Å². The smallest absolute Gasteiger partial charge is 0.237 e. The first-order valence-electron chi connectivity index (χ1n) is 4.07. The molecule has 0 aromatic heterocycles. The van der Waals surface area contributed by atoms with Crippen molar-refractivity contribution >= 4 is 11.7 Å². The molecule has 1 aromatic rings. The van der Waals surface area contributed by atoms with Crippen LogP contribution in [0.4, 0.5) is 0 Å². The molecule has 1 rings (SSSR count). The molecule has 14 heavy (non-hydrogen) atoms. The lowest BCUT2D eigenvalue weighted by atomic mass is 10.1. The van der Waals surface area contributed by atoms with Crippen molar-refractivity contribution in [1.29, 1.82) is 0 Å². The van der Waals surface area contributed by atoms with Gasteiger partial charge in [0.25, 0.3) is 0 Å². The largest absolute Gasteiger partial charge is 0.367 e. The molecular weight excluding hydrogens is 180 g/mol. The number of nitrogens with one attached hydrogen (secondary N) is 1. The fourth-order valence-electron chi connectivity index (χ4n) is 0.888. The van der Waals surface area contributed by atoms with E-state index in [9.17, 15) is 0 Å². The van der Waals surface area contributed by atoms with E-state index >= 15 is 0 Å². The van der Waals surface area contributed by atoms with E-state index in [4.69, 9.17) is 10.9 Å². The molecule has 0 aliphatic carbocycles. The van der Waals surface area contributed by atoms with Gasteiger partial charge in [-0.1, -0.05) is 30.3 Å². The van der Waals surface area contributed by atoms with Crippen LogP contribution in [0.1, 0.15) is 12.5 Å². The Labute approximate surface area is 81.9 Å². The Balaban J connectivity index is 2.81. The quantitative estimate of drug-likeness (QED) is 0.366. The number of rotatable bonds is 2. The molecule has 0 unspecified atom stereocenters. The Hall–Kier alpha value is -1.88. The predicted octanol–water partition coefficient (Wildman–Crippen LogP) is 0.704. The van der Waals surface area contributed by atoms with Crippen LogP contribution in [-0.4, -0.2) is 16.9 Å². The second-order valence-electron chi connectivity index (χ2n) is 2.65. The van der Waals surface area contributed by atoms with Crippen molar-refractivity contribution in [3.8, 4) is 0 Å². The number of guanidine groups is 1. The van der Waals surface area contributed by atoms with Crippen LogP contribution < -0.4 is 11.2 Å². The van der Waals surface area contributed by atoms with Gasteiger partial charge in [-0.15, -0.1) is 5.10 Å². The summed E-state index contributed by atoms with van der Waals surface area (Å²) >= 11 is 0. The van der Waals surface area contributed by atoms with Gasteiger partial charge in [-0.25, -0.2) is 5.48 Å². The van der Waals surface area contributed by atoms with Crippen LogP contribution in [0.25, 0.3) is 0 Å². The highest BCUT2D eigenvalue weighted by molar-refractivity contribution is 5.98. The van der Waals surface area contributed by atoms with Crippen LogP contribution in [-0.2, 0) is 0 Å². The first-order valence-corrected chi connectivity index (χ1v) is 4.07. The molecule has 0 atom stereocenters. The molecule has 0 saturated heterocycles. The van der Waals surface area contributed by atoms with Crippen molar-refractivity contribution in [3.63, 3.8) is 0 Å². The zero-order valence-corrected chi connectivity index (χ0v) is 7.81. The van der Waals surface area contributed by atoms with Gasteiger partial charge in [0.2, 0.25) is 5.96 Å². The summed E-state index contributed by atoms with van der Waals surface area (Å²) in [6, 6.07) is 9.56. The molecule has 0 heterocycles. The number of hydroxylamine groups is 1. The van der Waals surface area contributed by atoms with Crippen LogP contribution in [0.15, 0.2) is 40.5 Å². The summed E-state index contributed by atoms with van der Waals surface area (Å²) < 4.78 is 0. The fourth-order valence-corrected chi connectivity index (χ4v) is 0.888. The van der Waals surface area contributed by atoms with E-state index in [0.717, 1.165) is 11.3 Å². The third-order valence-electron chi connectivity index (χ3n) is 1.61. The van der Waals surface area contributed by atoms with Crippen LogP contribution >= 0.6 is 0 Å². The third-order valence-corrected chi connectivity index (χ3v) is 1.61. The van der Waals surface area contributed by atoms with Crippen LogP contribution in [0, 0.1) is 0 Å². The Bertz CT molecular complexity index is 345. The molecule has 0 amide bonds. The minimum Gasteiger partial charge on any atom is -0.367 e. The average molecular weight is 192 g/mol. The van der Waals surface area contributed by atoms with Crippen molar-refractivity contribution in [2.45, 2.75) is 6.92 Å². The van der Waals surface area contributed by atoms with Gasteiger partial charge in [0.1, 0.15) is 0 Å². The van der Waals surface area contributed by atoms with Gasteiger partial charge >= 0.3 is 0 Å². The molecule has 0 spiro atoms. The normalized spacial score (nSPS) is 12.7. The van der Waals surface area contributed by atoms with Crippen molar-refractivity contribution in [3.05, 3.63) is 35.9 Å². The van der Waals surface area contributed by atoms with Gasteiger partial charge in [-0.2, -0.15) is 5.10 Å². The zero-order chi connectivity index (χ0) is 10.4. The summed E-state index contributed by atoms with van der Waals surface area (Å²) in [5.41, 5.74) is 8.56. The Morgan fingerprint density at radius 2 is 1.93 bits per heavy atom. The SMILES string of the molecule is C/C(=N/N=C(N)NO)c1ccccc1. The van der Waals surface area contributed by atoms with Crippen LogP contribution in [0.5, 0.6) is 0 Å². The molecule has 5 nitrogen and oxygen atoms in total. The predicted molar refractivity (Wildman–Crippen MR) is 55.2 cm³/mol. The Kier molecular flexibility index (Phi) is 3.63. The van der Waals surface area contributed by atoms with E-state index in [1.807, 2.05) is 37.3 Å². The lowest BCUT2D eigenvalue weighted by Gasteiger charge is -1.97. The van der Waals surface area contributed by atoms with Crippen LogP contribution in [0.2, 0.25) is 0 Å². The van der Waals surface area contributed by atoms with E-state index in [2.05, 4.69) is 10.2 Å². The van der Waals surface area contributed by atoms with Gasteiger partial charge in [-0.3, -0.25) is 5.21 Å². The van der Waals surface area contributed by atoms with E-state index in [-0.39, 0.29) is 5.96 Å². The van der Waals surface area contributed by atoms with Crippen LogP contribution in [0.3, 0.4) is 0 Å². The molecule has 1 aromatic carbocycles. The van der Waals surface area contributed by atoms with Gasteiger partial charge < -0.3 is 5.73 Å². The maximum absolute atomic E-state index is 8.34. The summed E-state index contributed by atoms with van der Waals surface area (Å²) in [7, 11) is 0. The summed E-state index contributed by atoms with van der Waals surface area (Å²) in [5, 5.41) is 15.7. The van der Waals surface area contributed by atoms with E-state index in [1.54, 1.807) is 5.48 Å². The zero-order valence-electron chi connectivity index (χ0n) is 7.81. The van der Waals surface area contributed by atoms with Crippen molar-refractivity contribution in [2.24, 2.45) is 15.9 Å². The number of hydrogen-bond donors (Lipinski definition) is 3. The third kappa shape index (κ3) is 2.87. The number of nitrogens with zero attached hydrogens (tertiary/aromatic N) is 2. The summed E-state index contributed by atoms with van der Waals surface area (Å²) in [6.45, 7) is 1.81. The van der Waals surface area contributed by atoms with Crippen molar-refractivity contribution < 1.29 is 5.21 Å². The highest BCUT2D eigenvalue weighted by atomic mass is 16.5. The molecule has 0 radical (unpaired) electrons. The molecule has 0 saturated carbocycles. The first kappa shape index (κ1) is 10.2. The minimum absolute atomic E-state index is 0.139. The van der Waals surface area contributed by atoms with E-state index < -0.39 is 0 Å². The van der Waals surface area contributed by atoms with Gasteiger partial charge in [0.15, 0.2) is 0 Å². The standard InChI is InChI=1S/C9H12N4O/c1-7(11-12-9(10)13-14)8-5-3-2-4-6-8/h2-6,14H,1H3,(H3,10,12,13)/b11-7-.